The summed E-state index contributed by atoms with van der Waals surface area (Å²) in [5.74, 6) is 0.226. The SMILES string of the molecule is NC(N)=[N+]1CCN(S(=O)(=O)c2ccc(Cl)cc2)CC1. The fraction of sp³-hybridized carbons (Fsp3) is 0.364. The molecule has 0 unspecified atom stereocenters. The fourth-order valence-electron chi connectivity index (χ4n) is 1.94. The highest BCUT2D eigenvalue weighted by Crippen LogP contribution is 2.19. The number of piperazine rings is 1. The van der Waals surface area contributed by atoms with Crippen LogP contribution in [0.15, 0.2) is 29.2 Å². The second kappa shape index (κ2) is 5.36. The van der Waals surface area contributed by atoms with Crippen LogP contribution in [0.2, 0.25) is 5.02 Å². The Kier molecular flexibility index (Phi) is 3.98. The van der Waals surface area contributed by atoms with Gasteiger partial charge in [-0.2, -0.15) is 4.31 Å². The third kappa shape index (κ3) is 2.99. The number of guanidine groups is 1. The molecule has 104 valence electrons. The molecule has 0 saturated carbocycles. The van der Waals surface area contributed by atoms with E-state index in [1.54, 1.807) is 16.7 Å². The summed E-state index contributed by atoms with van der Waals surface area (Å²) in [6, 6.07) is 6.15. The molecule has 0 radical (unpaired) electrons. The molecule has 1 fully saturated rings. The first-order valence-electron chi connectivity index (χ1n) is 5.80. The van der Waals surface area contributed by atoms with Gasteiger partial charge < -0.3 is 0 Å². The zero-order chi connectivity index (χ0) is 14.0. The Balaban J connectivity index is 2.18. The maximum atomic E-state index is 12.4. The average Bonchev–Trinajstić information content (AvgIpc) is 2.39. The van der Waals surface area contributed by atoms with Crippen LogP contribution in [0, 0.1) is 0 Å². The lowest BCUT2D eigenvalue weighted by Gasteiger charge is -2.27. The Hall–Kier alpha value is -1.31. The van der Waals surface area contributed by atoms with E-state index in [4.69, 9.17) is 23.1 Å². The van der Waals surface area contributed by atoms with Crippen molar-refractivity contribution >= 4 is 27.6 Å². The first-order chi connectivity index (χ1) is 8.91. The molecule has 1 saturated heterocycles. The zero-order valence-electron chi connectivity index (χ0n) is 10.3. The minimum absolute atomic E-state index is 0.226. The lowest BCUT2D eigenvalue weighted by Crippen LogP contribution is -2.49. The monoisotopic (exact) mass is 303 g/mol. The number of hydrogen-bond donors (Lipinski definition) is 2. The molecule has 0 aliphatic carbocycles. The van der Waals surface area contributed by atoms with Gasteiger partial charge in [0.25, 0.3) is 0 Å². The number of hydrogen-bond acceptors (Lipinski definition) is 2. The van der Waals surface area contributed by atoms with Gasteiger partial charge in [-0.1, -0.05) is 11.6 Å². The molecule has 1 aromatic rings. The molecule has 0 spiro atoms. The van der Waals surface area contributed by atoms with Crippen molar-refractivity contribution in [1.29, 1.82) is 0 Å². The Morgan fingerprint density at radius 1 is 1.16 bits per heavy atom. The number of nitrogens with zero attached hydrogens (tertiary/aromatic N) is 2. The summed E-state index contributed by atoms with van der Waals surface area (Å²) in [6.45, 7) is 1.72. The van der Waals surface area contributed by atoms with Crippen LogP contribution in [0.5, 0.6) is 0 Å². The molecule has 2 rings (SSSR count). The van der Waals surface area contributed by atoms with Gasteiger partial charge in [-0.3, -0.25) is 16.0 Å². The summed E-state index contributed by atoms with van der Waals surface area (Å²) in [4.78, 5) is 0.245. The van der Waals surface area contributed by atoms with Gasteiger partial charge in [-0.25, -0.2) is 8.42 Å². The van der Waals surface area contributed by atoms with Gasteiger partial charge in [0.2, 0.25) is 10.0 Å². The van der Waals surface area contributed by atoms with E-state index in [1.165, 1.54) is 16.4 Å². The molecular formula is C11H16ClN4O2S+. The average molecular weight is 304 g/mol. The van der Waals surface area contributed by atoms with Crippen LogP contribution in [-0.4, -0.2) is 49.4 Å². The van der Waals surface area contributed by atoms with E-state index in [9.17, 15) is 8.42 Å². The molecule has 0 amide bonds. The minimum Gasteiger partial charge on any atom is -0.291 e. The topological polar surface area (TPSA) is 92.4 Å². The van der Waals surface area contributed by atoms with Crippen LogP contribution in [-0.2, 0) is 10.0 Å². The zero-order valence-corrected chi connectivity index (χ0v) is 11.9. The second-order valence-electron chi connectivity index (χ2n) is 4.27. The molecule has 6 nitrogen and oxygen atoms in total. The van der Waals surface area contributed by atoms with Crippen LogP contribution in [0.1, 0.15) is 0 Å². The van der Waals surface area contributed by atoms with Gasteiger partial charge in [0.05, 0.1) is 18.0 Å². The van der Waals surface area contributed by atoms with Gasteiger partial charge in [0.15, 0.2) is 0 Å². The van der Waals surface area contributed by atoms with Crippen molar-refractivity contribution in [3.8, 4) is 0 Å². The largest absolute Gasteiger partial charge is 0.341 e. The normalized spacial score (nSPS) is 17.4. The highest BCUT2D eigenvalue weighted by atomic mass is 35.5. The van der Waals surface area contributed by atoms with Crippen LogP contribution in [0.3, 0.4) is 0 Å². The second-order valence-corrected chi connectivity index (χ2v) is 6.64. The van der Waals surface area contributed by atoms with E-state index in [0.717, 1.165) is 0 Å². The molecule has 0 atom stereocenters. The molecule has 4 N–H and O–H groups in total. The third-order valence-corrected chi connectivity index (χ3v) is 5.22. The van der Waals surface area contributed by atoms with Crippen molar-refractivity contribution in [1.82, 2.24) is 4.31 Å². The number of nitrogens with two attached hydrogens (primary N) is 2. The Morgan fingerprint density at radius 2 is 1.68 bits per heavy atom. The smallest absolute Gasteiger partial charge is 0.291 e. The highest BCUT2D eigenvalue weighted by Gasteiger charge is 2.28. The number of halogens is 1. The van der Waals surface area contributed by atoms with Crippen molar-refractivity contribution in [3.05, 3.63) is 29.3 Å². The van der Waals surface area contributed by atoms with Crippen molar-refractivity contribution in [2.75, 3.05) is 26.2 Å². The maximum absolute atomic E-state index is 12.4. The fourth-order valence-corrected chi connectivity index (χ4v) is 3.49. The summed E-state index contributed by atoms with van der Waals surface area (Å²) in [5.41, 5.74) is 11.0. The van der Waals surface area contributed by atoms with E-state index < -0.39 is 10.0 Å². The van der Waals surface area contributed by atoms with Crippen LogP contribution >= 0.6 is 11.6 Å². The number of sulfonamides is 1. The Morgan fingerprint density at radius 3 is 2.16 bits per heavy atom. The van der Waals surface area contributed by atoms with Crippen LogP contribution in [0.25, 0.3) is 0 Å². The van der Waals surface area contributed by atoms with Gasteiger partial charge in [-0.05, 0) is 24.3 Å². The quantitative estimate of drug-likeness (QED) is 0.576. The summed E-state index contributed by atoms with van der Waals surface area (Å²) >= 11 is 5.76. The predicted octanol–water partition coefficient (Wildman–Crippen LogP) is -0.370. The maximum Gasteiger partial charge on any atom is 0.341 e. The van der Waals surface area contributed by atoms with E-state index in [2.05, 4.69) is 0 Å². The molecule has 1 heterocycles. The van der Waals surface area contributed by atoms with Crippen molar-refractivity contribution in [2.24, 2.45) is 11.5 Å². The summed E-state index contributed by atoms with van der Waals surface area (Å²) in [7, 11) is -3.47. The first-order valence-corrected chi connectivity index (χ1v) is 7.61. The summed E-state index contributed by atoms with van der Waals surface area (Å²) in [5, 5.41) is 0.509. The van der Waals surface area contributed by atoms with Crippen LogP contribution < -0.4 is 11.5 Å². The first kappa shape index (κ1) is 14.1. The van der Waals surface area contributed by atoms with Gasteiger partial charge in [0.1, 0.15) is 0 Å². The summed E-state index contributed by atoms with van der Waals surface area (Å²) < 4.78 is 27.9. The minimum atomic E-state index is -3.47. The lowest BCUT2D eigenvalue weighted by molar-refractivity contribution is -0.538. The van der Waals surface area contributed by atoms with Gasteiger partial charge >= 0.3 is 5.96 Å². The molecule has 19 heavy (non-hydrogen) atoms. The molecule has 8 heteroatoms. The molecule has 1 aliphatic heterocycles. The van der Waals surface area contributed by atoms with Crippen molar-refractivity contribution in [3.63, 3.8) is 0 Å². The van der Waals surface area contributed by atoms with E-state index in [-0.39, 0.29) is 10.9 Å². The lowest BCUT2D eigenvalue weighted by atomic mass is 10.4. The van der Waals surface area contributed by atoms with Gasteiger partial charge in [0, 0.05) is 18.1 Å². The van der Waals surface area contributed by atoms with Crippen molar-refractivity contribution in [2.45, 2.75) is 4.90 Å². The molecule has 1 aromatic carbocycles. The van der Waals surface area contributed by atoms with E-state index >= 15 is 0 Å². The van der Waals surface area contributed by atoms with E-state index in [0.29, 0.717) is 31.2 Å². The third-order valence-electron chi connectivity index (χ3n) is 3.06. The Labute approximate surface area is 117 Å². The molecule has 0 bridgehead atoms. The molecule has 0 aromatic heterocycles. The number of rotatable bonds is 2. The molecule has 1 aliphatic rings. The van der Waals surface area contributed by atoms with E-state index in [1.807, 2.05) is 0 Å². The summed E-state index contributed by atoms with van der Waals surface area (Å²) in [6.07, 6.45) is 0. The van der Waals surface area contributed by atoms with Crippen LogP contribution in [0.4, 0.5) is 0 Å². The predicted molar refractivity (Wildman–Crippen MR) is 73.6 cm³/mol. The highest BCUT2D eigenvalue weighted by molar-refractivity contribution is 7.89. The van der Waals surface area contributed by atoms with Gasteiger partial charge in [-0.15, -0.1) is 0 Å². The number of benzene rings is 1. The van der Waals surface area contributed by atoms with Crippen molar-refractivity contribution < 1.29 is 13.0 Å². The standard InChI is InChI=1S/C11H15ClN4O2S/c12-9-1-3-10(4-2-9)19(17,18)16-7-5-15(6-8-16)11(13)14/h1-4H,5-8H2,(H3,13,14)/p+1. The molecular weight excluding hydrogens is 288 g/mol. The Bertz CT molecular complexity index is 584.